The summed E-state index contributed by atoms with van der Waals surface area (Å²) in [6.45, 7) is 3.46. The standard InChI is InChI=1S/C12H17ClO3S2/c1-3-4-5-8-18(15,16)9(2)12(14)10-6-7-11(13)17-10/h6-7,9H,3-5,8H2,1-2H3. The molecule has 3 nitrogen and oxygen atoms in total. The van der Waals surface area contributed by atoms with Gasteiger partial charge in [-0.25, -0.2) is 8.42 Å². The van der Waals surface area contributed by atoms with Crippen molar-refractivity contribution in [1.29, 1.82) is 0 Å². The van der Waals surface area contributed by atoms with Gasteiger partial charge in [-0.2, -0.15) is 0 Å². The zero-order valence-corrected chi connectivity index (χ0v) is 12.9. The molecule has 0 saturated carbocycles. The third-order valence-corrected chi connectivity index (χ3v) is 6.15. The Hall–Kier alpha value is -0.390. The molecular weight excluding hydrogens is 292 g/mol. The van der Waals surface area contributed by atoms with Crippen molar-refractivity contribution < 1.29 is 13.2 Å². The highest BCUT2D eigenvalue weighted by Crippen LogP contribution is 2.24. The number of thiophene rings is 1. The number of unbranched alkanes of at least 4 members (excludes halogenated alkanes) is 2. The molecule has 1 unspecified atom stereocenters. The van der Waals surface area contributed by atoms with E-state index in [1.165, 1.54) is 6.92 Å². The molecule has 0 aliphatic carbocycles. The van der Waals surface area contributed by atoms with Gasteiger partial charge in [-0.3, -0.25) is 4.79 Å². The van der Waals surface area contributed by atoms with Crippen molar-refractivity contribution in [2.24, 2.45) is 0 Å². The first-order valence-corrected chi connectivity index (χ1v) is 8.80. The van der Waals surface area contributed by atoms with Crippen molar-refractivity contribution in [3.8, 4) is 0 Å². The van der Waals surface area contributed by atoms with Crippen LogP contribution in [0.3, 0.4) is 0 Å². The number of halogens is 1. The van der Waals surface area contributed by atoms with E-state index in [9.17, 15) is 13.2 Å². The first kappa shape index (κ1) is 15.7. The van der Waals surface area contributed by atoms with Crippen LogP contribution in [0.4, 0.5) is 0 Å². The molecule has 0 saturated heterocycles. The predicted octanol–water partition coefficient (Wildman–Crippen LogP) is 3.58. The van der Waals surface area contributed by atoms with Gasteiger partial charge in [0.25, 0.3) is 0 Å². The zero-order valence-electron chi connectivity index (χ0n) is 10.5. The lowest BCUT2D eigenvalue weighted by Crippen LogP contribution is -2.29. The summed E-state index contributed by atoms with van der Waals surface area (Å²) in [5.74, 6) is -0.282. The first-order chi connectivity index (χ1) is 8.38. The van der Waals surface area contributed by atoms with Crippen molar-refractivity contribution in [3.63, 3.8) is 0 Å². The summed E-state index contributed by atoms with van der Waals surface area (Å²) in [4.78, 5) is 12.4. The van der Waals surface area contributed by atoms with E-state index in [1.54, 1.807) is 12.1 Å². The highest BCUT2D eigenvalue weighted by molar-refractivity contribution is 7.92. The van der Waals surface area contributed by atoms with Gasteiger partial charge in [-0.05, 0) is 25.5 Å². The average molecular weight is 309 g/mol. The molecule has 1 rings (SSSR count). The monoisotopic (exact) mass is 308 g/mol. The maximum absolute atomic E-state index is 12.0. The van der Waals surface area contributed by atoms with Crippen LogP contribution >= 0.6 is 22.9 Å². The molecule has 0 amide bonds. The molecule has 0 spiro atoms. The number of hydrogen-bond donors (Lipinski definition) is 0. The largest absolute Gasteiger partial charge is 0.292 e. The molecule has 1 heterocycles. The van der Waals surface area contributed by atoms with Gasteiger partial charge < -0.3 is 0 Å². The average Bonchev–Trinajstić information content (AvgIpc) is 2.74. The molecule has 1 aromatic rings. The Bertz CT molecular complexity index is 505. The molecule has 0 aliphatic heterocycles. The van der Waals surface area contributed by atoms with Gasteiger partial charge in [-0.1, -0.05) is 31.4 Å². The molecule has 0 bridgehead atoms. The summed E-state index contributed by atoms with van der Waals surface area (Å²) in [6, 6.07) is 3.18. The topological polar surface area (TPSA) is 51.2 Å². The van der Waals surface area contributed by atoms with Crippen molar-refractivity contribution in [3.05, 3.63) is 21.3 Å². The van der Waals surface area contributed by atoms with Crippen molar-refractivity contribution in [2.75, 3.05) is 5.75 Å². The van der Waals surface area contributed by atoms with Crippen LogP contribution in [0.15, 0.2) is 12.1 Å². The molecule has 0 aliphatic rings. The van der Waals surface area contributed by atoms with Crippen LogP contribution in [-0.2, 0) is 9.84 Å². The van der Waals surface area contributed by atoms with Crippen LogP contribution in [0.25, 0.3) is 0 Å². The Morgan fingerprint density at radius 1 is 1.39 bits per heavy atom. The van der Waals surface area contributed by atoms with Crippen molar-refractivity contribution in [2.45, 2.75) is 38.4 Å². The lowest BCUT2D eigenvalue weighted by atomic mass is 10.2. The highest BCUT2D eigenvalue weighted by atomic mass is 35.5. The van der Waals surface area contributed by atoms with Gasteiger partial charge in [0, 0.05) is 0 Å². The third kappa shape index (κ3) is 4.07. The number of sulfone groups is 1. The summed E-state index contributed by atoms with van der Waals surface area (Å²) in [7, 11) is -3.36. The normalized spacial score (nSPS) is 13.5. The Labute approximate surface area is 117 Å². The lowest BCUT2D eigenvalue weighted by molar-refractivity contribution is 0.0995. The second-order valence-electron chi connectivity index (χ2n) is 4.18. The molecule has 0 fully saturated rings. The molecule has 18 heavy (non-hydrogen) atoms. The lowest BCUT2D eigenvalue weighted by Gasteiger charge is -2.10. The van der Waals surface area contributed by atoms with E-state index in [-0.39, 0.29) is 11.5 Å². The first-order valence-electron chi connectivity index (χ1n) is 5.89. The second-order valence-corrected chi connectivity index (χ2v) is 8.34. The van der Waals surface area contributed by atoms with Gasteiger partial charge >= 0.3 is 0 Å². The van der Waals surface area contributed by atoms with E-state index < -0.39 is 15.1 Å². The van der Waals surface area contributed by atoms with Gasteiger partial charge in [0.05, 0.1) is 15.0 Å². The van der Waals surface area contributed by atoms with E-state index in [1.807, 2.05) is 6.92 Å². The number of hydrogen-bond acceptors (Lipinski definition) is 4. The number of carbonyl (C=O) groups excluding carboxylic acids is 1. The van der Waals surface area contributed by atoms with Crippen LogP contribution < -0.4 is 0 Å². The Balaban J connectivity index is 2.74. The predicted molar refractivity (Wildman–Crippen MR) is 76.4 cm³/mol. The second kappa shape index (κ2) is 6.68. The summed E-state index contributed by atoms with van der Waals surface area (Å²) in [5.41, 5.74) is 0. The van der Waals surface area contributed by atoms with E-state index in [2.05, 4.69) is 0 Å². The van der Waals surface area contributed by atoms with Crippen molar-refractivity contribution >= 4 is 38.6 Å². The molecule has 0 radical (unpaired) electrons. The smallest absolute Gasteiger partial charge is 0.190 e. The summed E-state index contributed by atoms with van der Waals surface area (Å²) < 4.78 is 24.4. The molecule has 0 aromatic carbocycles. The fourth-order valence-electron chi connectivity index (χ4n) is 1.54. The molecule has 6 heteroatoms. The number of ketones is 1. The fourth-order valence-corrected chi connectivity index (χ4v) is 4.10. The molecule has 1 aromatic heterocycles. The maximum Gasteiger partial charge on any atom is 0.190 e. The Morgan fingerprint density at radius 3 is 2.56 bits per heavy atom. The van der Waals surface area contributed by atoms with Gasteiger partial charge in [-0.15, -0.1) is 11.3 Å². The van der Waals surface area contributed by atoms with E-state index >= 15 is 0 Å². The van der Waals surface area contributed by atoms with Crippen molar-refractivity contribution in [1.82, 2.24) is 0 Å². The van der Waals surface area contributed by atoms with Crippen LogP contribution in [0.5, 0.6) is 0 Å². The van der Waals surface area contributed by atoms with Crippen LogP contribution in [0.1, 0.15) is 42.8 Å². The fraction of sp³-hybridized carbons (Fsp3) is 0.583. The Morgan fingerprint density at radius 2 is 2.06 bits per heavy atom. The van der Waals surface area contributed by atoms with Gasteiger partial charge in [0.2, 0.25) is 0 Å². The number of rotatable bonds is 7. The molecule has 1 atom stereocenters. The summed E-state index contributed by atoms with van der Waals surface area (Å²) in [5, 5.41) is -0.982. The zero-order chi connectivity index (χ0) is 13.8. The quantitative estimate of drug-likeness (QED) is 0.571. The van der Waals surface area contributed by atoms with Crippen LogP contribution in [0, 0.1) is 0 Å². The Kier molecular flexibility index (Phi) is 5.82. The highest BCUT2D eigenvalue weighted by Gasteiger charge is 2.29. The molecule has 0 N–H and O–H groups in total. The minimum absolute atomic E-state index is 0.0762. The van der Waals surface area contributed by atoms with Gasteiger partial charge in [0.1, 0.15) is 5.25 Å². The maximum atomic E-state index is 12.0. The van der Waals surface area contributed by atoms with E-state index in [0.717, 1.165) is 24.2 Å². The van der Waals surface area contributed by atoms with Gasteiger partial charge in [0.15, 0.2) is 15.6 Å². The minimum atomic E-state index is -3.36. The molecule has 102 valence electrons. The molecular formula is C12H17ClO3S2. The minimum Gasteiger partial charge on any atom is -0.292 e. The summed E-state index contributed by atoms with van der Waals surface area (Å²) in [6.07, 6.45) is 2.44. The van der Waals surface area contributed by atoms with Crippen LogP contribution in [-0.4, -0.2) is 25.2 Å². The van der Waals surface area contributed by atoms with Crippen LogP contribution in [0.2, 0.25) is 4.34 Å². The summed E-state index contributed by atoms with van der Waals surface area (Å²) >= 11 is 6.86. The number of carbonyl (C=O) groups is 1. The van der Waals surface area contributed by atoms with E-state index in [0.29, 0.717) is 15.6 Å². The van der Waals surface area contributed by atoms with E-state index in [4.69, 9.17) is 11.6 Å². The third-order valence-electron chi connectivity index (χ3n) is 2.76. The SMILES string of the molecule is CCCCCS(=O)(=O)C(C)C(=O)c1ccc(Cl)s1. The number of Topliss-reactive ketones (excluding diaryl/α,β-unsaturated/α-hetero) is 1.